The van der Waals surface area contributed by atoms with E-state index < -0.39 is 5.91 Å². The molecule has 0 atom stereocenters. The van der Waals surface area contributed by atoms with Gasteiger partial charge in [-0.15, -0.1) is 0 Å². The lowest BCUT2D eigenvalue weighted by Crippen LogP contribution is -2.14. The van der Waals surface area contributed by atoms with E-state index in [4.69, 9.17) is 5.21 Å². The number of benzene rings is 1. The van der Waals surface area contributed by atoms with Crippen molar-refractivity contribution in [3.05, 3.63) is 71.6 Å². The van der Waals surface area contributed by atoms with E-state index in [0.717, 1.165) is 11.3 Å². The molecule has 0 unspecified atom stereocenters. The molecule has 0 saturated carbocycles. The molecule has 0 fully saturated rings. The Hall–Kier alpha value is -2.92. The molecular formula is C17H16N2O3. The maximum absolute atomic E-state index is 12.0. The number of carbonyl (C=O) groups is 2. The van der Waals surface area contributed by atoms with Gasteiger partial charge in [-0.1, -0.05) is 30.3 Å². The number of allylic oxidation sites excluding steroid dienone is 1. The van der Waals surface area contributed by atoms with E-state index in [2.05, 4.69) is 0 Å². The monoisotopic (exact) mass is 296 g/mol. The first-order chi connectivity index (χ1) is 10.6. The van der Waals surface area contributed by atoms with Crippen molar-refractivity contribution in [1.82, 2.24) is 10.0 Å². The Bertz CT molecular complexity index is 728. The van der Waals surface area contributed by atoms with Gasteiger partial charge in [-0.05, 0) is 29.9 Å². The van der Waals surface area contributed by atoms with Crippen LogP contribution >= 0.6 is 0 Å². The summed E-state index contributed by atoms with van der Waals surface area (Å²) in [4.78, 5) is 22.9. The van der Waals surface area contributed by atoms with Crippen molar-refractivity contribution in [1.29, 1.82) is 0 Å². The molecule has 1 aromatic heterocycles. The highest BCUT2D eigenvalue weighted by atomic mass is 16.5. The molecule has 0 spiro atoms. The van der Waals surface area contributed by atoms with Gasteiger partial charge in [0.25, 0.3) is 5.91 Å². The van der Waals surface area contributed by atoms with E-state index in [1.54, 1.807) is 24.3 Å². The number of rotatable bonds is 5. The molecule has 0 bridgehead atoms. The summed E-state index contributed by atoms with van der Waals surface area (Å²) in [6.45, 7) is 0. The fourth-order valence-electron chi connectivity index (χ4n) is 1.93. The van der Waals surface area contributed by atoms with E-state index in [1.807, 2.05) is 42.1 Å². The lowest BCUT2D eigenvalue weighted by molar-refractivity contribution is -0.124. The number of amides is 1. The maximum atomic E-state index is 12.0. The Kier molecular flexibility index (Phi) is 5.06. The van der Waals surface area contributed by atoms with Crippen molar-refractivity contribution in [2.45, 2.75) is 0 Å². The largest absolute Gasteiger partial charge is 0.350 e. The summed E-state index contributed by atoms with van der Waals surface area (Å²) < 4.78 is 1.81. The topological polar surface area (TPSA) is 71.3 Å². The molecule has 0 aliphatic heterocycles. The summed E-state index contributed by atoms with van der Waals surface area (Å²) in [5, 5.41) is 8.43. The van der Waals surface area contributed by atoms with Gasteiger partial charge in [-0.3, -0.25) is 14.8 Å². The molecule has 2 aromatic rings. The summed E-state index contributed by atoms with van der Waals surface area (Å²) in [7, 11) is 1.83. The zero-order valence-corrected chi connectivity index (χ0v) is 12.1. The number of ketones is 1. The molecule has 112 valence electrons. The Morgan fingerprint density at radius 3 is 2.55 bits per heavy atom. The summed E-state index contributed by atoms with van der Waals surface area (Å²) in [6, 6.07) is 10.9. The Morgan fingerprint density at radius 2 is 1.86 bits per heavy atom. The highest BCUT2D eigenvalue weighted by Crippen LogP contribution is 2.12. The van der Waals surface area contributed by atoms with Crippen molar-refractivity contribution in [2.24, 2.45) is 7.05 Å². The van der Waals surface area contributed by atoms with Crippen LogP contribution in [-0.2, 0) is 11.8 Å². The quantitative estimate of drug-likeness (QED) is 0.385. The van der Waals surface area contributed by atoms with E-state index in [-0.39, 0.29) is 5.78 Å². The lowest BCUT2D eigenvalue weighted by atomic mass is 10.1. The number of nitrogens with one attached hydrogen (secondary N) is 1. The smallest absolute Gasteiger partial charge is 0.267 e. The zero-order valence-electron chi connectivity index (χ0n) is 12.1. The molecule has 1 heterocycles. The third-order valence-electron chi connectivity index (χ3n) is 3.07. The first kappa shape index (κ1) is 15.5. The minimum Gasteiger partial charge on any atom is -0.350 e. The highest BCUT2D eigenvalue weighted by molar-refractivity contribution is 6.06. The van der Waals surface area contributed by atoms with Gasteiger partial charge < -0.3 is 4.57 Å². The number of nitrogens with zero attached hydrogens (tertiary/aromatic N) is 1. The van der Waals surface area contributed by atoms with Crippen molar-refractivity contribution < 1.29 is 14.8 Å². The molecule has 2 N–H and O–H groups in total. The summed E-state index contributed by atoms with van der Waals surface area (Å²) >= 11 is 0. The predicted octanol–water partition coefficient (Wildman–Crippen LogP) is 2.44. The van der Waals surface area contributed by atoms with Gasteiger partial charge in [-0.25, -0.2) is 5.48 Å². The third-order valence-corrected chi connectivity index (χ3v) is 3.07. The number of hydroxylamine groups is 1. The summed E-state index contributed by atoms with van der Waals surface area (Å²) in [5.41, 5.74) is 3.78. The number of hydrogen-bond acceptors (Lipinski definition) is 3. The van der Waals surface area contributed by atoms with Crippen LogP contribution in [0.4, 0.5) is 0 Å². The zero-order chi connectivity index (χ0) is 15.9. The second-order valence-corrected chi connectivity index (χ2v) is 4.68. The van der Waals surface area contributed by atoms with Crippen LogP contribution in [0.15, 0.2) is 54.7 Å². The minimum atomic E-state index is -0.599. The minimum absolute atomic E-state index is 0.0683. The van der Waals surface area contributed by atoms with Gasteiger partial charge in [0.15, 0.2) is 5.78 Å². The number of aryl methyl sites for hydroxylation is 1. The van der Waals surface area contributed by atoms with E-state index >= 15 is 0 Å². The molecule has 0 saturated heterocycles. The normalized spacial score (nSPS) is 11.2. The second-order valence-electron chi connectivity index (χ2n) is 4.68. The van der Waals surface area contributed by atoms with Gasteiger partial charge in [0, 0.05) is 30.6 Å². The van der Waals surface area contributed by atoms with Crippen LogP contribution in [-0.4, -0.2) is 21.5 Å². The molecule has 0 aliphatic carbocycles. The average molecular weight is 296 g/mol. The van der Waals surface area contributed by atoms with Crippen LogP contribution in [0.2, 0.25) is 0 Å². The highest BCUT2D eigenvalue weighted by Gasteiger charge is 2.02. The summed E-state index contributed by atoms with van der Waals surface area (Å²) in [6.07, 6.45) is 7.86. The fraction of sp³-hybridized carbons (Fsp3) is 0.0588. The van der Waals surface area contributed by atoms with Gasteiger partial charge in [0.2, 0.25) is 0 Å². The van der Waals surface area contributed by atoms with Crippen LogP contribution in [0.25, 0.3) is 12.2 Å². The van der Waals surface area contributed by atoms with E-state index in [9.17, 15) is 9.59 Å². The van der Waals surface area contributed by atoms with E-state index in [1.165, 1.54) is 17.6 Å². The van der Waals surface area contributed by atoms with Crippen LogP contribution in [0.5, 0.6) is 0 Å². The molecular weight excluding hydrogens is 280 g/mol. The molecule has 5 heteroatoms. The van der Waals surface area contributed by atoms with Crippen molar-refractivity contribution >= 4 is 23.8 Å². The van der Waals surface area contributed by atoms with Crippen molar-refractivity contribution in [3.8, 4) is 0 Å². The first-order valence-corrected chi connectivity index (χ1v) is 6.66. The van der Waals surface area contributed by atoms with Gasteiger partial charge >= 0.3 is 0 Å². The molecule has 2 rings (SSSR count). The third kappa shape index (κ3) is 4.04. The van der Waals surface area contributed by atoms with Crippen LogP contribution in [0.1, 0.15) is 21.6 Å². The molecule has 22 heavy (non-hydrogen) atoms. The van der Waals surface area contributed by atoms with Crippen LogP contribution in [0.3, 0.4) is 0 Å². The Balaban J connectivity index is 2.11. The fourth-order valence-corrected chi connectivity index (χ4v) is 1.93. The Labute approximate surface area is 128 Å². The second kappa shape index (κ2) is 7.19. The molecule has 5 nitrogen and oxygen atoms in total. The van der Waals surface area contributed by atoms with Gasteiger partial charge in [0.05, 0.1) is 0 Å². The number of carbonyl (C=O) groups excluding carboxylic acids is 2. The van der Waals surface area contributed by atoms with Crippen LogP contribution < -0.4 is 5.48 Å². The van der Waals surface area contributed by atoms with Gasteiger partial charge in [-0.2, -0.15) is 0 Å². The standard InChI is InChI=1S/C17H16N2O3/c1-19-12-13(11-15(19)8-10-17(21)18-22)7-9-16(20)14-5-3-2-4-6-14/h2-12,22H,1H3,(H,18,21)/b9-7+,10-8+. The van der Waals surface area contributed by atoms with Crippen molar-refractivity contribution in [3.63, 3.8) is 0 Å². The molecule has 0 aliphatic rings. The van der Waals surface area contributed by atoms with Crippen molar-refractivity contribution in [2.75, 3.05) is 0 Å². The Morgan fingerprint density at radius 1 is 1.14 bits per heavy atom. The van der Waals surface area contributed by atoms with Gasteiger partial charge in [0.1, 0.15) is 0 Å². The SMILES string of the molecule is Cn1cc(/C=C/C(=O)c2ccccc2)cc1/C=C/C(=O)NO. The van der Waals surface area contributed by atoms with E-state index in [0.29, 0.717) is 5.56 Å². The maximum Gasteiger partial charge on any atom is 0.267 e. The molecule has 1 amide bonds. The molecule has 0 radical (unpaired) electrons. The lowest BCUT2D eigenvalue weighted by Gasteiger charge is -1.94. The number of hydrogen-bond donors (Lipinski definition) is 2. The average Bonchev–Trinajstić information content (AvgIpc) is 2.91. The van der Waals surface area contributed by atoms with Crippen LogP contribution in [0, 0.1) is 0 Å². The summed E-state index contributed by atoms with van der Waals surface area (Å²) in [5.74, 6) is -0.668. The number of aromatic nitrogens is 1. The molecule has 1 aromatic carbocycles. The predicted molar refractivity (Wildman–Crippen MR) is 84.2 cm³/mol. The first-order valence-electron chi connectivity index (χ1n) is 6.66.